The zero-order chi connectivity index (χ0) is 23.8. The van der Waals surface area contributed by atoms with Crippen molar-refractivity contribution < 1.29 is 17.7 Å². The molecular formula is C25H29F3N4O. The summed E-state index contributed by atoms with van der Waals surface area (Å²) in [5.41, 5.74) is 7.45. The Kier molecular flexibility index (Phi) is 6.31. The molecule has 0 radical (unpaired) electrons. The third-order valence-electron chi connectivity index (χ3n) is 6.36. The molecule has 1 aromatic carbocycles. The van der Waals surface area contributed by atoms with Gasteiger partial charge in [0.05, 0.1) is 12.1 Å². The van der Waals surface area contributed by atoms with Crippen molar-refractivity contribution in [1.29, 1.82) is 0 Å². The van der Waals surface area contributed by atoms with Gasteiger partial charge in [-0.05, 0) is 91.4 Å². The van der Waals surface area contributed by atoms with E-state index in [4.69, 9.17) is 4.52 Å². The Labute approximate surface area is 191 Å². The quantitative estimate of drug-likeness (QED) is 0.486. The summed E-state index contributed by atoms with van der Waals surface area (Å²) >= 11 is 0. The molecule has 5 nitrogen and oxygen atoms in total. The molecule has 0 unspecified atom stereocenters. The van der Waals surface area contributed by atoms with Gasteiger partial charge in [-0.2, -0.15) is 18.2 Å². The minimum atomic E-state index is -4.20. The average Bonchev–Trinajstić information content (AvgIpc) is 3.20. The molecule has 0 bridgehead atoms. The number of fused-ring (bicyclic) bond motifs is 1. The fourth-order valence-electron chi connectivity index (χ4n) is 4.64. The van der Waals surface area contributed by atoms with Crippen LogP contribution in [-0.4, -0.2) is 34.4 Å². The van der Waals surface area contributed by atoms with E-state index in [2.05, 4.69) is 34.3 Å². The van der Waals surface area contributed by atoms with Crippen molar-refractivity contribution in [2.45, 2.75) is 59.6 Å². The Morgan fingerprint density at radius 2 is 1.85 bits per heavy atom. The van der Waals surface area contributed by atoms with Crippen LogP contribution in [0.3, 0.4) is 0 Å². The Morgan fingerprint density at radius 3 is 2.55 bits per heavy atom. The van der Waals surface area contributed by atoms with Gasteiger partial charge in [-0.3, -0.25) is 4.98 Å². The Balaban J connectivity index is 1.54. The first-order valence-corrected chi connectivity index (χ1v) is 11.2. The van der Waals surface area contributed by atoms with Crippen LogP contribution >= 0.6 is 0 Å². The molecule has 0 saturated carbocycles. The highest BCUT2D eigenvalue weighted by Gasteiger charge is 2.29. The monoisotopic (exact) mass is 458 g/mol. The molecule has 3 aromatic rings. The number of pyridine rings is 1. The fraction of sp³-hybridized carbons (Fsp3) is 0.480. The summed E-state index contributed by atoms with van der Waals surface area (Å²) < 4.78 is 42.7. The number of nitrogens with zero attached hydrogens (tertiary/aromatic N) is 3. The number of hydrogen-bond acceptors (Lipinski definition) is 5. The number of alkyl halides is 3. The van der Waals surface area contributed by atoms with Gasteiger partial charge in [0.2, 0.25) is 5.82 Å². The third-order valence-corrected chi connectivity index (χ3v) is 6.36. The van der Waals surface area contributed by atoms with Crippen molar-refractivity contribution in [3.63, 3.8) is 0 Å². The normalized spacial score (nSPS) is 15.5. The maximum absolute atomic E-state index is 12.3. The summed E-state index contributed by atoms with van der Waals surface area (Å²) in [7, 11) is 0. The second kappa shape index (κ2) is 8.89. The third kappa shape index (κ3) is 5.43. The van der Waals surface area contributed by atoms with Gasteiger partial charge in [-0.15, -0.1) is 0 Å². The lowest BCUT2D eigenvalue weighted by atomic mass is 9.74. The van der Waals surface area contributed by atoms with Crippen LogP contribution in [-0.2, 0) is 19.3 Å². The van der Waals surface area contributed by atoms with Crippen LogP contribution in [0.25, 0.3) is 22.8 Å². The van der Waals surface area contributed by atoms with E-state index in [0.717, 1.165) is 47.1 Å². The van der Waals surface area contributed by atoms with Crippen LogP contribution in [0.1, 0.15) is 48.1 Å². The zero-order valence-electron chi connectivity index (χ0n) is 19.4. The van der Waals surface area contributed by atoms with E-state index in [-0.39, 0.29) is 12.0 Å². The Hall–Kier alpha value is -2.74. The van der Waals surface area contributed by atoms with E-state index >= 15 is 0 Å². The van der Waals surface area contributed by atoms with Gasteiger partial charge < -0.3 is 9.84 Å². The number of halogens is 3. The van der Waals surface area contributed by atoms with Crippen molar-refractivity contribution in [1.82, 2.24) is 20.4 Å². The topological polar surface area (TPSA) is 63.8 Å². The largest absolute Gasteiger partial charge is 0.401 e. The lowest BCUT2D eigenvalue weighted by Crippen LogP contribution is -2.30. The van der Waals surface area contributed by atoms with Gasteiger partial charge in [-0.1, -0.05) is 19.0 Å². The summed E-state index contributed by atoms with van der Waals surface area (Å²) in [5, 5.41) is 6.66. The van der Waals surface area contributed by atoms with Crippen LogP contribution in [0.2, 0.25) is 0 Å². The van der Waals surface area contributed by atoms with Crippen LogP contribution in [0.15, 0.2) is 29.0 Å². The average molecular weight is 459 g/mol. The highest BCUT2D eigenvalue weighted by atomic mass is 19.4. The first kappa shape index (κ1) is 23.4. The molecule has 33 heavy (non-hydrogen) atoms. The van der Waals surface area contributed by atoms with E-state index in [1.165, 1.54) is 11.1 Å². The number of aryl methyl sites for hydroxylation is 2. The summed E-state index contributed by atoms with van der Waals surface area (Å²) in [5.74, 6) is 0.955. The van der Waals surface area contributed by atoms with Crippen molar-refractivity contribution in [3.05, 3.63) is 52.3 Å². The second-order valence-electron chi connectivity index (χ2n) is 9.72. The van der Waals surface area contributed by atoms with Gasteiger partial charge in [0.15, 0.2) is 0 Å². The van der Waals surface area contributed by atoms with Crippen molar-refractivity contribution in [3.8, 4) is 22.8 Å². The SMILES string of the molecule is Cc1cc(-c2noc(-c3cncc4c3CCC(C)(C)C4)n2)cc(C)c1CCNCC(F)(F)F. The molecule has 1 N–H and O–H groups in total. The maximum atomic E-state index is 12.3. The first-order valence-electron chi connectivity index (χ1n) is 11.2. The molecule has 2 aromatic heterocycles. The number of aromatic nitrogens is 3. The number of rotatable bonds is 6. The maximum Gasteiger partial charge on any atom is 0.401 e. The summed E-state index contributed by atoms with van der Waals surface area (Å²) in [6.45, 7) is 7.73. The van der Waals surface area contributed by atoms with Gasteiger partial charge in [0.1, 0.15) is 0 Å². The highest BCUT2D eigenvalue weighted by molar-refractivity contribution is 5.65. The van der Waals surface area contributed by atoms with E-state index in [1.807, 2.05) is 32.2 Å². The molecule has 0 amide bonds. The van der Waals surface area contributed by atoms with Crippen LogP contribution < -0.4 is 5.32 Å². The predicted molar refractivity (Wildman–Crippen MR) is 121 cm³/mol. The van der Waals surface area contributed by atoms with E-state index in [9.17, 15) is 13.2 Å². The van der Waals surface area contributed by atoms with Gasteiger partial charge in [0.25, 0.3) is 5.89 Å². The van der Waals surface area contributed by atoms with Crippen LogP contribution in [0, 0.1) is 19.3 Å². The highest BCUT2D eigenvalue weighted by Crippen LogP contribution is 2.38. The van der Waals surface area contributed by atoms with Gasteiger partial charge in [0, 0.05) is 18.0 Å². The summed E-state index contributed by atoms with van der Waals surface area (Å²) in [6.07, 6.45) is 3.07. The molecule has 0 saturated heterocycles. The van der Waals surface area contributed by atoms with E-state index in [1.54, 1.807) is 6.20 Å². The molecule has 176 valence electrons. The molecule has 0 spiro atoms. The van der Waals surface area contributed by atoms with Gasteiger partial charge >= 0.3 is 6.18 Å². The van der Waals surface area contributed by atoms with Crippen molar-refractivity contribution in [2.24, 2.45) is 5.41 Å². The summed E-state index contributed by atoms with van der Waals surface area (Å²) in [6, 6.07) is 3.92. The molecule has 0 aliphatic heterocycles. The minimum absolute atomic E-state index is 0.256. The lowest BCUT2D eigenvalue weighted by Gasteiger charge is -2.31. The standard InChI is InChI=1S/C25H29F3N4O/c1-15-9-17(10-16(2)19(15)6-8-29-14-25(26,27)28)22-31-23(33-32-22)21-13-30-12-18-11-24(3,4)7-5-20(18)21/h9-10,12-13,29H,5-8,11,14H2,1-4H3. The fourth-order valence-corrected chi connectivity index (χ4v) is 4.64. The molecule has 4 rings (SSSR count). The van der Waals surface area contributed by atoms with Crippen molar-refractivity contribution >= 4 is 0 Å². The molecule has 0 atom stereocenters. The number of hydrogen-bond donors (Lipinski definition) is 1. The van der Waals surface area contributed by atoms with Crippen LogP contribution in [0.5, 0.6) is 0 Å². The van der Waals surface area contributed by atoms with Gasteiger partial charge in [-0.25, -0.2) is 0 Å². The molecule has 8 heteroatoms. The number of benzene rings is 1. The molecule has 2 heterocycles. The lowest BCUT2D eigenvalue weighted by molar-refractivity contribution is -0.124. The van der Waals surface area contributed by atoms with E-state index in [0.29, 0.717) is 18.1 Å². The Bertz CT molecular complexity index is 1130. The number of nitrogens with one attached hydrogen (secondary N) is 1. The van der Waals surface area contributed by atoms with E-state index < -0.39 is 12.7 Å². The molecule has 1 aliphatic carbocycles. The Morgan fingerprint density at radius 1 is 1.12 bits per heavy atom. The molecular weight excluding hydrogens is 429 g/mol. The first-order chi connectivity index (χ1) is 15.5. The molecule has 0 fully saturated rings. The second-order valence-corrected chi connectivity index (χ2v) is 9.72. The minimum Gasteiger partial charge on any atom is -0.334 e. The predicted octanol–water partition coefficient (Wildman–Crippen LogP) is 5.62. The van der Waals surface area contributed by atoms with Crippen molar-refractivity contribution in [2.75, 3.05) is 13.1 Å². The van der Waals surface area contributed by atoms with Crippen LogP contribution in [0.4, 0.5) is 13.2 Å². The zero-order valence-corrected chi connectivity index (χ0v) is 19.4. The molecule has 1 aliphatic rings. The summed E-state index contributed by atoms with van der Waals surface area (Å²) in [4.78, 5) is 9.06. The smallest absolute Gasteiger partial charge is 0.334 e.